The second kappa shape index (κ2) is 8.52. The van der Waals surface area contributed by atoms with Crippen molar-refractivity contribution < 1.29 is 32.4 Å². The van der Waals surface area contributed by atoms with E-state index in [0.29, 0.717) is 5.56 Å². The van der Waals surface area contributed by atoms with Crippen LogP contribution in [0.1, 0.15) is 10.4 Å². The third-order valence-electron chi connectivity index (χ3n) is 4.50. The molecule has 10 heteroatoms. The summed E-state index contributed by atoms with van der Waals surface area (Å²) in [6.45, 7) is -0.180. The maximum atomic E-state index is 15.3. The van der Waals surface area contributed by atoms with Crippen LogP contribution in [0.3, 0.4) is 0 Å². The number of fused-ring (bicyclic) bond motifs is 6. The third kappa shape index (κ3) is 4.06. The molecule has 1 unspecified atom stereocenters. The Bertz CT molecular complexity index is 1220. The van der Waals surface area contributed by atoms with E-state index in [-0.39, 0.29) is 40.0 Å². The number of nitrogens with one attached hydrogen (secondary N) is 1. The number of esters is 1. The summed E-state index contributed by atoms with van der Waals surface area (Å²) >= 11 is 5.94. The van der Waals surface area contributed by atoms with Gasteiger partial charge in [-0.3, -0.25) is 4.72 Å². The Hall–Kier alpha value is -3.17. The molecule has 0 saturated carbocycles. The second-order valence-electron chi connectivity index (χ2n) is 6.44. The Labute approximate surface area is 183 Å². The Morgan fingerprint density at radius 3 is 2.58 bits per heavy atom. The minimum absolute atomic E-state index is 0.000582. The van der Waals surface area contributed by atoms with Crippen LogP contribution in [0.15, 0.2) is 53.4 Å². The molecule has 3 aromatic rings. The number of phenolic OH excluding ortho intramolecular Hbond substituents is 1. The number of para-hydroxylation sites is 1. The molecule has 3 aromatic carbocycles. The van der Waals surface area contributed by atoms with Gasteiger partial charge in [0.1, 0.15) is 35.4 Å². The van der Waals surface area contributed by atoms with Crippen LogP contribution in [-0.2, 0) is 15.7 Å². The molecular weight excluding hydrogens is 452 g/mol. The smallest absolute Gasteiger partial charge is 0.338 e. The molecule has 0 radical (unpaired) electrons. The zero-order chi connectivity index (χ0) is 22.1. The first-order chi connectivity index (χ1) is 14.9. The van der Waals surface area contributed by atoms with E-state index < -0.39 is 40.0 Å². The molecule has 0 amide bonds. The topological polar surface area (TPSA) is 84.9 Å². The number of carbonyl (C=O) groups excluding carboxylic acids is 1. The van der Waals surface area contributed by atoms with Crippen molar-refractivity contribution in [3.05, 3.63) is 70.8 Å². The fraction of sp³-hybridized carbons (Fsp3) is 0.0952. The van der Waals surface area contributed by atoms with Crippen molar-refractivity contribution in [3.63, 3.8) is 0 Å². The second-order valence-corrected chi connectivity index (χ2v) is 8.03. The van der Waals surface area contributed by atoms with Gasteiger partial charge >= 0.3 is 5.97 Å². The lowest BCUT2D eigenvalue weighted by molar-refractivity contribution is 0.0450. The first-order valence-corrected chi connectivity index (χ1v) is 10.5. The molecule has 160 valence electrons. The average molecular weight is 466 g/mol. The highest BCUT2D eigenvalue weighted by Gasteiger charge is 2.23. The number of hydrogen-bond donors (Lipinski definition) is 2. The number of aromatic hydroxyl groups is 1. The van der Waals surface area contributed by atoms with Crippen LogP contribution >= 0.6 is 11.6 Å². The molecule has 0 saturated heterocycles. The van der Waals surface area contributed by atoms with Gasteiger partial charge in [0.05, 0.1) is 10.6 Å². The number of cyclic esters (lactones) is 1. The normalized spacial score (nSPS) is 16.1. The highest BCUT2D eigenvalue weighted by molar-refractivity contribution is 7.86. The molecule has 0 aliphatic carbocycles. The van der Waals surface area contributed by atoms with Crippen molar-refractivity contribution in [2.75, 3.05) is 17.9 Å². The zero-order valence-corrected chi connectivity index (χ0v) is 17.2. The van der Waals surface area contributed by atoms with Crippen molar-refractivity contribution in [2.45, 2.75) is 4.90 Å². The fourth-order valence-electron chi connectivity index (χ4n) is 3.02. The maximum Gasteiger partial charge on any atom is 0.338 e. The average Bonchev–Trinajstić information content (AvgIpc) is 2.75. The predicted octanol–water partition coefficient (Wildman–Crippen LogP) is 4.67. The van der Waals surface area contributed by atoms with Crippen molar-refractivity contribution in [1.29, 1.82) is 0 Å². The number of rotatable bonds is 0. The molecular formula is C21H14ClF2NO5S. The maximum absolute atomic E-state index is 15.3. The number of anilines is 1. The first-order valence-electron chi connectivity index (χ1n) is 8.95. The summed E-state index contributed by atoms with van der Waals surface area (Å²) in [5.41, 5.74) is -0.456. The molecule has 4 bridgehead atoms. The van der Waals surface area contributed by atoms with E-state index in [4.69, 9.17) is 21.1 Å². The van der Waals surface area contributed by atoms with E-state index in [9.17, 15) is 18.5 Å². The summed E-state index contributed by atoms with van der Waals surface area (Å²) < 4.78 is 55.5. The van der Waals surface area contributed by atoms with Crippen molar-refractivity contribution in [2.24, 2.45) is 0 Å². The van der Waals surface area contributed by atoms with Gasteiger partial charge in [0.2, 0.25) is 0 Å². The molecule has 31 heavy (non-hydrogen) atoms. The standard InChI is InChI=1S/C21H14ClF2NO5S/c22-14-9-11-10-17(20(14)26)31(28)25-19-15(23)6-5-13(18(19)24)12-3-1-2-4-16(12)29-7-8-30-21(11)27/h1-6,9-10,25-26H,7-8H2. The first kappa shape index (κ1) is 21.1. The lowest BCUT2D eigenvalue weighted by Crippen LogP contribution is -2.13. The molecule has 0 spiro atoms. The van der Waals surface area contributed by atoms with Crippen LogP contribution in [0.2, 0.25) is 5.02 Å². The van der Waals surface area contributed by atoms with Crippen molar-refractivity contribution >= 4 is 34.2 Å². The minimum Gasteiger partial charge on any atom is -0.505 e. The summed E-state index contributed by atoms with van der Waals surface area (Å²) in [6, 6.07) is 10.9. The number of halogens is 3. The van der Waals surface area contributed by atoms with Gasteiger partial charge < -0.3 is 14.6 Å². The van der Waals surface area contributed by atoms with Crippen LogP contribution in [0.4, 0.5) is 14.5 Å². The fourth-order valence-corrected chi connectivity index (χ4v) is 4.30. The quantitative estimate of drug-likeness (QED) is 0.471. The molecule has 6 nitrogen and oxygen atoms in total. The van der Waals surface area contributed by atoms with E-state index in [2.05, 4.69) is 4.72 Å². The predicted molar refractivity (Wildman–Crippen MR) is 111 cm³/mol. The Kier molecular flexibility index (Phi) is 5.79. The number of benzene rings is 3. The van der Waals surface area contributed by atoms with Crippen molar-refractivity contribution in [3.8, 4) is 22.6 Å². The monoisotopic (exact) mass is 465 g/mol. The Morgan fingerprint density at radius 2 is 1.77 bits per heavy atom. The molecule has 2 N–H and O–H groups in total. The van der Waals surface area contributed by atoms with E-state index in [1.165, 1.54) is 6.07 Å². The number of carbonyl (C=O) groups is 1. The van der Waals surface area contributed by atoms with E-state index in [1.54, 1.807) is 24.3 Å². The summed E-state index contributed by atoms with van der Waals surface area (Å²) in [6.07, 6.45) is 0. The van der Waals surface area contributed by atoms with Crippen LogP contribution < -0.4 is 9.46 Å². The minimum atomic E-state index is -2.37. The molecule has 1 atom stereocenters. The van der Waals surface area contributed by atoms with Crippen LogP contribution in [0.5, 0.6) is 11.5 Å². The van der Waals surface area contributed by atoms with Gasteiger partial charge in [-0.1, -0.05) is 29.8 Å². The van der Waals surface area contributed by atoms with Gasteiger partial charge in [0.15, 0.2) is 22.6 Å². The molecule has 1 aliphatic heterocycles. The van der Waals surface area contributed by atoms with E-state index in [0.717, 1.165) is 18.2 Å². The number of ether oxygens (including phenoxy) is 2. The van der Waals surface area contributed by atoms with Crippen molar-refractivity contribution in [1.82, 2.24) is 0 Å². The summed E-state index contributed by atoms with van der Waals surface area (Å²) in [5, 5.41) is 9.91. The van der Waals surface area contributed by atoms with Gasteiger partial charge in [0, 0.05) is 11.1 Å². The zero-order valence-electron chi connectivity index (χ0n) is 15.7. The summed E-state index contributed by atoms with van der Waals surface area (Å²) in [5.74, 6) is -3.12. The van der Waals surface area contributed by atoms with Crippen LogP contribution in [-0.4, -0.2) is 28.5 Å². The van der Waals surface area contributed by atoms with Gasteiger partial charge in [-0.15, -0.1) is 0 Å². The molecule has 0 fully saturated rings. The highest BCUT2D eigenvalue weighted by atomic mass is 35.5. The largest absolute Gasteiger partial charge is 0.505 e. The van der Waals surface area contributed by atoms with Gasteiger partial charge in [-0.25, -0.2) is 17.8 Å². The Balaban J connectivity index is 1.89. The highest BCUT2D eigenvalue weighted by Crippen LogP contribution is 2.37. The van der Waals surface area contributed by atoms with Gasteiger partial charge in [-0.05, 0) is 30.3 Å². The van der Waals surface area contributed by atoms with Crippen LogP contribution in [0.25, 0.3) is 11.1 Å². The Morgan fingerprint density at radius 1 is 1.03 bits per heavy atom. The van der Waals surface area contributed by atoms with E-state index >= 15 is 4.39 Å². The number of hydrogen-bond acceptors (Lipinski definition) is 5. The number of phenols is 1. The summed E-state index contributed by atoms with van der Waals surface area (Å²) in [4.78, 5) is 12.0. The third-order valence-corrected chi connectivity index (χ3v) is 5.89. The van der Waals surface area contributed by atoms with Gasteiger partial charge in [0.25, 0.3) is 0 Å². The van der Waals surface area contributed by atoms with Crippen LogP contribution in [0, 0.1) is 11.6 Å². The van der Waals surface area contributed by atoms with Gasteiger partial charge in [-0.2, -0.15) is 0 Å². The van der Waals surface area contributed by atoms with E-state index in [1.807, 2.05) is 0 Å². The lowest BCUT2D eigenvalue weighted by Gasteiger charge is -2.15. The SMILES string of the molecule is O=C1OCCOc2ccccc2-c2ccc(F)c(c2F)NS(=O)c2cc1cc(Cl)c2O. The molecule has 1 heterocycles. The summed E-state index contributed by atoms with van der Waals surface area (Å²) in [7, 11) is -2.37. The molecule has 0 aromatic heterocycles. The molecule has 1 aliphatic rings. The lowest BCUT2D eigenvalue weighted by atomic mass is 10.0. The molecule has 4 rings (SSSR count).